The summed E-state index contributed by atoms with van der Waals surface area (Å²) in [7, 11) is 0. The predicted octanol–water partition coefficient (Wildman–Crippen LogP) is 2.86. The minimum Gasteiger partial charge on any atom is -0.444 e. The molecule has 0 radical (unpaired) electrons. The molecular formula is C14H25NO3. The van der Waals surface area contributed by atoms with E-state index in [4.69, 9.17) is 4.74 Å². The largest absolute Gasteiger partial charge is 0.444 e. The average molecular weight is 255 g/mol. The second-order valence-corrected chi connectivity index (χ2v) is 5.76. The third-order valence-corrected chi connectivity index (χ3v) is 3.27. The summed E-state index contributed by atoms with van der Waals surface area (Å²) in [6, 6.07) is 0. The maximum Gasteiger partial charge on any atom is 0.410 e. The van der Waals surface area contributed by atoms with Gasteiger partial charge in [-0.25, -0.2) is 4.79 Å². The number of hydrogen-bond donors (Lipinski definition) is 0. The summed E-state index contributed by atoms with van der Waals surface area (Å²) >= 11 is 0. The number of carbonyl (C=O) groups excluding carboxylic acids is 2. The maximum atomic E-state index is 11.8. The summed E-state index contributed by atoms with van der Waals surface area (Å²) in [6.45, 7) is 10.8. The molecule has 0 aromatic rings. The van der Waals surface area contributed by atoms with Gasteiger partial charge in [-0.2, -0.15) is 0 Å². The van der Waals surface area contributed by atoms with Gasteiger partial charge in [-0.05, 0) is 33.1 Å². The zero-order valence-corrected chi connectivity index (χ0v) is 12.2. The first-order chi connectivity index (χ1) is 8.37. The van der Waals surface area contributed by atoms with Crippen LogP contribution in [0.15, 0.2) is 0 Å². The molecule has 0 aromatic carbocycles. The molecule has 104 valence electrons. The number of likely N-dealkylation sites (tertiary alicyclic amines) is 1. The van der Waals surface area contributed by atoms with E-state index < -0.39 is 5.60 Å². The van der Waals surface area contributed by atoms with Gasteiger partial charge >= 0.3 is 6.09 Å². The summed E-state index contributed by atoms with van der Waals surface area (Å²) in [5.41, 5.74) is -0.460. The molecule has 1 saturated heterocycles. The number of hydrogen-bond acceptors (Lipinski definition) is 3. The van der Waals surface area contributed by atoms with Crippen molar-refractivity contribution in [3.63, 3.8) is 0 Å². The number of fused-ring (bicyclic) bond motifs is 1. The second-order valence-electron chi connectivity index (χ2n) is 5.76. The Morgan fingerprint density at radius 2 is 1.89 bits per heavy atom. The molecule has 0 bridgehead atoms. The van der Waals surface area contributed by atoms with Crippen LogP contribution in [0, 0.1) is 11.8 Å². The molecule has 2 fully saturated rings. The fourth-order valence-corrected chi connectivity index (χ4v) is 2.52. The van der Waals surface area contributed by atoms with Crippen LogP contribution in [-0.4, -0.2) is 35.5 Å². The zero-order chi connectivity index (χ0) is 13.9. The first-order valence-electron chi connectivity index (χ1n) is 6.87. The molecule has 0 spiro atoms. The van der Waals surface area contributed by atoms with Crippen LogP contribution in [0.2, 0.25) is 0 Å². The number of carbonyl (C=O) groups is 2. The molecule has 2 atom stereocenters. The van der Waals surface area contributed by atoms with Gasteiger partial charge in [0.05, 0.1) is 0 Å². The minimum absolute atomic E-state index is 0.0764. The lowest BCUT2D eigenvalue weighted by Crippen LogP contribution is -2.36. The molecule has 1 aliphatic heterocycles. The Morgan fingerprint density at radius 3 is 2.39 bits per heavy atom. The van der Waals surface area contributed by atoms with Crippen molar-refractivity contribution >= 4 is 11.9 Å². The van der Waals surface area contributed by atoms with Gasteiger partial charge in [0.1, 0.15) is 11.4 Å². The molecule has 0 N–H and O–H groups in total. The van der Waals surface area contributed by atoms with E-state index in [1.54, 1.807) is 4.90 Å². The highest BCUT2D eigenvalue weighted by Crippen LogP contribution is 2.35. The van der Waals surface area contributed by atoms with Gasteiger partial charge in [-0.15, -0.1) is 0 Å². The molecule has 4 nitrogen and oxygen atoms in total. The topological polar surface area (TPSA) is 46.6 Å². The summed E-state index contributed by atoms with van der Waals surface area (Å²) < 4.78 is 5.30. The Kier molecular flexibility index (Phi) is 4.77. The Balaban J connectivity index is 0.000000771. The van der Waals surface area contributed by atoms with Gasteiger partial charge in [0.2, 0.25) is 0 Å². The molecule has 18 heavy (non-hydrogen) atoms. The van der Waals surface area contributed by atoms with E-state index in [0.29, 0.717) is 31.2 Å². The lowest BCUT2D eigenvalue weighted by Gasteiger charge is -2.24. The maximum absolute atomic E-state index is 11.8. The van der Waals surface area contributed by atoms with Gasteiger partial charge in [0.15, 0.2) is 0 Å². The second kappa shape index (κ2) is 5.72. The Hall–Kier alpha value is -1.06. The van der Waals surface area contributed by atoms with E-state index in [2.05, 4.69) is 0 Å². The van der Waals surface area contributed by atoms with E-state index in [1.807, 2.05) is 34.6 Å². The molecular weight excluding hydrogens is 230 g/mol. The number of rotatable bonds is 0. The van der Waals surface area contributed by atoms with Crippen LogP contribution in [0.1, 0.15) is 47.5 Å². The number of nitrogens with zero attached hydrogens (tertiary/aromatic N) is 1. The van der Waals surface area contributed by atoms with E-state index >= 15 is 0 Å². The monoisotopic (exact) mass is 255 g/mol. The summed E-state index contributed by atoms with van der Waals surface area (Å²) in [5, 5.41) is 0. The highest BCUT2D eigenvalue weighted by atomic mass is 16.6. The molecule has 4 heteroatoms. The third kappa shape index (κ3) is 3.47. The van der Waals surface area contributed by atoms with Crippen molar-refractivity contribution in [2.75, 3.05) is 13.1 Å². The van der Waals surface area contributed by atoms with Crippen LogP contribution < -0.4 is 0 Å². The highest BCUT2D eigenvalue weighted by molar-refractivity contribution is 5.85. The average Bonchev–Trinajstić information content (AvgIpc) is 2.82. The van der Waals surface area contributed by atoms with Crippen LogP contribution in [0.3, 0.4) is 0 Å². The van der Waals surface area contributed by atoms with E-state index in [-0.39, 0.29) is 12.0 Å². The molecule has 2 aliphatic rings. The standard InChI is InChI=1S/C12H19NO3.C2H6/c1-12(2,3)16-11(15)13-6-8-4-5-10(14)9(8)7-13;1-2/h8-9H,4-7H2,1-3H3;1-2H3. The van der Waals surface area contributed by atoms with Crippen LogP contribution in [0.5, 0.6) is 0 Å². The van der Waals surface area contributed by atoms with E-state index in [9.17, 15) is 9.59 Å². The summed E-state index contributed by atoms with van der Waals surface area (Å²) in [5.74, 6) is 0.767. The minimum atomic E-state index is -0.460. The lowest BCUT2D eigenvalue weighted by molar-refractivity contribution is -0.120. The first kappa shape index (κ1) is 15.0. The van der Waals surface area contributed by atoms with Crippen molar-refractivity contribution in [1.82, 2.24) is 4.90 Å². The molecule has 2 unspecified atom stereocenters. The summed E-state index contributed by atoms with van der Waals surface area (Å²) in [4.78, 5) is 25.0. The molecule has 2 rings (SSSR count). The van der Waals surface area contributed by atoms with Crippen molar-refractivity contribution in [2.24, 2.45) is 11.8 Å². The van der Waals surface area contributed by atoms with E-state index in [0.717, 1.165) is 6.42 Å². The molecule has 0 aromatic heterocycles. The SMILES string of the molecule is CC.CC(C)(C)OC(=O)N1CC2CCC(=O)C2C1. The van der Waals surface area contributed by atoms with Crippen molar-refractivity contribution < 1.29 is 14.3 Å². The smallest absolute Gasteiger partial charge is 0.410 e. The predicted molar refractivity (Wildman–Crippen MR) is 70.4 cm³/mol. The fraction of sp³-hybridized carbons (Fsp3) is 0.857. The zero-order valence-electron chi connectivity index (χ0n) is 12.2. The van der Waals surface area contributed by atoms with Crippen molar-refractivity contribution in [1.29, 1.82) is 0 Å². The van der Waals surface area contributed by atoms with Crippen LogP contribution >= 0.6 is 0 Å². The quantitative estimate of drug-likeness (QED) is 0.668. The Labute approximate surface area is 110 Å². The molecule has 1 saturated carbocycles. The third-order valence-electron chi connectivity index (χ3n) is 3.27. The van der Waals surface area contributed by atoms with Gasteiger partial charge in [-0.3, -0.25) is 4.79 Å². The van der Waals surface area contributed by atoms with Crippen LogP contribution in [0.25, 0.3) is 0 Å². The number of ketones is 1. The fourth-order valence-electron chi connectivity index (χ4n) is 2.52. The van der Waals surface area contributed by atoms with Crippen molar-refractivity contribution in [2.45, 2.75) is 53.1 Å². The molecule has 1 amide bonds. The van der Waals surface area contributed by atoms with Crippen LogP contribution in [-0.2, 0) is 9.53 Å². The molecule has 1 heterocycles. The Morgan fingerprint density at radius 1 is 1.28 bits per heavy atom. The van der Waals surface area contributed by atoms with Crippen molar-refractivity contribution in [3.05, 3.63) is 0 Å². The molecule has 1 aliphatic carbocycles. The van der Waals surface area contributed by atoms with Gasteiger partial charge in [-0.1, -0.05) is 13.8 Å². The van der Waals surface area contributed by atoms with Gasteiger partial charge in [0.25, 0.3) is 0 Å². The number of amides is 1. The number of Topliss-reactive ketones (excluding diaryl/α,β-unsaturated/α-hetero) is 1. The van der Waals surface area contributed by atoms with E-state index in [1.165, 1.54) is 0 Å². The first-order valence-corrected chi connectivity index (χ1v) is 6.87. The van der Waals surface area contributed by atoms with Crippen molar-refractivity contribution in [3.8, 4) is 0 Å². The highest BCUT2D eigenvalue weighted by Gasteiger charge is 2.44. The lowest BCUT2D eigenvalue weighted by atomic mass is 10.0. The Bertz CT molecular complexity index is 319. The number of ether oxygens (including phenoxy) is 1. The normalized spacial score (nSPS) is 26.5. The van der Waals surface area contributed by atoms with Gasteiger partial charge < -0.3 is 9.64 Å². The van der Waals surface area contributed by atoms with Crippen LogP contribution in [0.4, 0.5) is 4.79 Å². The van der Waals surface area contributed by atoms with Gasteiger partial charge in [0, 0.05) is 25.4 Å². The summed E-state index contributed by atoms with van der Waals surface area (Å²) in [6.07, 6.45) is 1.34.